The third kappa shape index (κ3) is 2.69. The van der Waals surface area contributed by atoms with E-state index in [1.165, 1.54) is 12.8 Å². The van der Waals surface area contributed by atoms with Crippen molar-refractivity contribution in [3.05, 3.63) is 18.0 Å². The zero-order valence-corrected chi connectivity index (χ0v) is 11.3. The SMILES string of the molecule is CCCOc1nc(NN)nc(-n2ccc(C3CC3)n2)n1. The molecule has 2 aromatic heterocycles. The van der Waals surface area contributed by atoms with Gasteiger partial charge in [0, 0.05) is 12.1 Å². The van der Waals surface area contributed by atoms with Crippen LogP contribution >= 0.6 is 0 Å². The first-order valence-corrected chi connectivity index (χ1v) is 6.71. The van der Waals surface area contributed by atoms with Crippen molar-refractivity contribution in [2.45, 2.75) is 32.1 Å². The van der Waals surface area contributed by atoms with E-state index >= 15 is 0 Å². The molecule has 20 heavy (non-hydrogen) atoms. The van der Waals surface area contributed by atoms with E-state index in [0.717, 1.165) is 12.1 Å². The quantitative estimate of drug-likeness (QED) is 0.598. The molecule has 1 fully saturated rings. The lowest BCUT2D eigenvalue weighted by atomic mass is 10.3. The summed E-state index contributed by atoms with van der Waals surface area (Å²) in [6, 6.07) is 2.23. The highest BCUT2D eigenvalue weighted by Gasteiger charge is 2.26. The largest absolute Gasteiger partial charge is 0.463 e. The second kappa shape index (κ2) is 5.41. The summed E-state index contributed by atoms with van der Waals surface area (Å²) in [6.07, 6.45) is 5.12. The number of ether oxygens (including phenoxy) is 1. The van der Waals surface area contributed by atoms with Gasteiger partial charge >= 0.3 is 6.01 Å². The Morgan fingerprint density at radius 2 is 2.25 bits per heavy atom. The van der Waals surface area contributed by atoms with Crippen molar-refractivity contribution in [3.63, 3.8) is 0 Å². The highest BCUT2D eigenvalue weighted by Crippen LogP contribution is 2.38. The lowest BCUT2D eigenvalue weighted by Gasteiger charge is -2.07. The topological polar surface area (TPSA) is 104 Å². The standard InChI is InChI=1S/C12H17N7O/c1-2-7-20-12-15-10(17-13)14-11(16-12)19-6-5-9(18-19)8-3-4-8/h5-6,8H,2-4,7,13H2,1H3,(H,14,15,16,17). The van der Waals surface area contributed by atoms with Gasteiger partial charge in [-0.3, -0.25) is 5.43 Å². The molecule has 2 heterocycles. The molecule has 0 unspecified atom stereocenters. The summed E-state index contributed by atoms with van der Waals surface area (Å²) in [6.45, 7) is 2.56. The van der Waals surface area contributed by atoms with Gasteiger partial charge in [-0.15, -0.1) is 0 Å². The summed E-state index contributed by atoms with van der Waals surface area (Å²) < 4.78 is 7.05. The summed E-state index contributed by atoms with van der Waals surface area (Å²) in [7, 11) is 0. The Morgan fingerprint density at radius 1 is 1.40 bits per heavy atom. The van der Waals surface area contributed by atoms with E-state index in [2.05, 4.69) is 25.5 Å². The number of nitrogens with one attached hydrogen (secondary N) is 1. The minimum absolute atomic E-state index is 0.244. The number of nitrogens with zero attached hydrogens (tertiary/aromatic N) is 5. The molecule has 3 rings (SSSR count). The third-order valence-corrected chi connectivity index (χ3v) is 2.98. The van der Waals surface area contributed by atoms with E-state index in [4.69, 9.17) is 10.6 Å². The van der Waals surface area contributed by atoms with Crippen molar-refractivity contribution in [1.82, 2.24) is 24.7 Å². The molecule has 0 saturated heterocycles. The average Bonchev–Trinajstić information content (AvgIpc) is 3.22. The van der Waals surface area contributed by atoms with Crippen LogP contribution in [0.2, 0.25) is 0 Å². The average molecular weight is 275 g/mol. The Kier molecular flexibility index (Phi) is 3.46. The Hall–Kier alpha value is -2.22. The molecular formula is C12H17N7O. The maximum absolute atomic E-state index is 5.43. The van der Waals surface area contributed by atoms with E-state index in [9.17, 15) is 0 Å². The van der Waals surface area contributed by atoms with Gasteiger partial charge in [0.15, 0.2) is 0 Å². The van der Waals surface area contributed by atoms with Crippen LogP contribution in [0.1, 0.15) is 37.8 Å². The number of hydrogen-bond acceptors (Lipinski definition) is 7. The highest BCUT2D eigenvalue weighted by atomic mass is 16.5. The molecule has 0 aliphatic heterocycles. The second-order valence-electron chi connectivity index (χ2n) is 4.69. The third-order valence-electron chi connectivity index (χ3n) is 2.98. The molecule has 3 N–H and O–H groups in total. The first kappa shape index (κ1) is 12.8. The van der Waals surface area contributed by atoms with Gasteiger partial charge in [0.25, 0.3) is 5.95 Å². The predicted octanol–water partition coefficient (Wildman–Crippen LogP) is 1.01. The summed E-state index contributed by atoms with van der Waals surface area (Å²) in [5.74, 6) is 6.60. The normalized spacial score (nSPS) is 14.3. The van der Waals surface area contributed by atoms with Gasteiger partial charge in [0.1, 0.15) is 0 Å². The van der Waals surface area contributed by atoms with Crippen molar-refractivity contribution in [3.8, 4) is 12.0 Å². The number of nitrogens with two attached hydrogens (primary N) is 1. The van der Waals surface area contributed by atoms with Gasteiger partial charge in [-0.1, -0.05) is 6.92 Å². The number of nitrogen functional groups attached to an aromatic ring is 1. The molecular weight excluding hydrogens is 258 g/mol. The van der Waals surface area contributed by atoms with E-state index < -0.39 is 0 Å². The van der Waals surface area contributed by atoms with Crippen LogP contribution in [0, 0.1) is 0 Å². The molecule has 8 nitrogen and oxygen atoms in total. The molecule has 1 aliphatic rings. The van der Waals surface area contributed by atoms with Crippen molar-refractivity contribution >= 4 is 5.95 Å². The Balaban J connectivity index is 1.89. The van der Waals surface area contributed by atoms with Crippen LogP contribution in [0.4, 0.5) is 5.95 Å². The van der Waals surface area contributed by atoms with Gasteiger partial charge in [0.2, 0.25) is 5.95 Å². The first-order chi connectivity index (χ1) is 9.80. The first-order valence-electron chi connectivity index (χ1n) is 6.71. The van der Waals surface area contributed by atoms with Crippen molar-refractivity contribution in [2.24, 2.45) is 5.84 Å². The number of hydrazine groups is 1. The van der Waals surface area contributed by atoms with E-state index in [1.807, 2.05) is 19.2 Å². The smallest absolute Gasteiger partial charge is 0.323 e. The molecule has 106 valence electrons. The highest BCUT2D eigenvalue weighted by molar-refractivity contribution is 5.29. The molecule has 8 heteroatoms. The zero-order chi connectivity index (χ0) is 13.9. The molecule has 0 amide bonds. The summed E-state index contributed by atoms with van der Waals surface area (Å²) >= 11 is 0. The van der Waals surface area contributed by atoms with E-state index in [-0.39, 0.29) is 12.0 Å². The van der Waals surface area contributed by atoms with Crippen LogP contribution in [0.3, 0.4) is 0 Å². The molecule has 0 spiro atoms. The maximum Gasteiger partial charge on any atom is 0.323 e. The van der Waals surface area contributed by atoms with Crippen LogP contribution < -0.4 is 16.0 Å². The van der Waals surface area contributed by atoms with Crippen LogP contribution in [0.5, 0.6) is 6.01 Å². The molecule has 0 radical (unpaired) electrons. The fourth-order valence-electron chi connectivity index (χ4n) is 1.82. The Morgan fingerprint density at radius 3 is 2.95 bits per heavy atom. The molecule has 1 saturated carbocycles. The number of hydrogen-bond donors (Lipinski definition) is 2. The lowest BCUT2D eigenvalue weighted by molar-refractivity contribution is 0.291. The summed E-state index contributed by atoms with van der Waals surface area (Å²) in [5.41, 5.74) is 3.49. The molecule has 0 atom stereocenters. The molecule has 1 aliphatic carbocycles. The fourth-order valence-corrected chi connectivity index (χ4v) is 1.82. The monoisotopic (exact) mass is 275 g/mol. The van der Waals surface area contributed by atoms with Crippen LogP contribution in [-0.2, 0) is 0 Å². The van der Waals surface area contributed by atoms with Gasteiger partial charge in [-0.25, -0.2) is 10.5 Å². The van der Waals surface area contributed by atoms with E-state index in [0.29, 0.717) is 18.5 Å². The van der Waals surface area contributed by atoms with Crippen molar-refractivity contribution in [1.29, 1.82) is 0 Å². The number of rotatable bonds is 6. The zero-order valence-electron chi connectivity index (χ0n) is 11.3. The summed E-state index contributed by atoms with van der Waals surface area (Å²) in [5, 5.41) is 4.48. The van der Waals surface area contributed by atoms with Gasteiger partial charge in [0.05, 0.1) is 12.3 Å². The van der Waals surface area contributed by atoms with Crippen molar-refractivity contribution in [2.75, 3.05) is 12.0 Å². The molecule has 0 aromatic carbocycles. The van der Waals surface area contributed by atoms with Crippen molar-refractivity contribution < 1.29 is 4.74 Å². The second-order valence-corrected chi connectivity index (χ2v) is 4.69. The van der Waals surface area contributed by atoms with Gasteiger partial charge in [-0.2, -0.15) is 20.1 Å². The van der Waals surface area contributed by atoms with E-state index in [1.54, 1.807) is 4.68 Å². The van der Waals surface area contributed by atoms with Gasteiger partial charge < -0.3 is 4.74 Å². The Labute approximate surface area is 116 Å². The minimum Gasteiger partial charge on any atom is -0.463 e. The summed E-state index contributed by atoms with van der Waals surface area (Å²) in [4.78, 5) is 12.5. The molecule has 0 bridgehead atoms. The van der Waals surface area contributed by atoms with Crippen LogP contribution in [0.15, 0.2) is 12.3 Å². The predicted molar refractivity (Wildman–Crippen MR) is 72.5 cm³/mol. The maximum atomic E-state index is 5.43. The van der Waals surface area contributed by atoms with Crippen LogP contribution in [0.25, 0.3) is 5.95 Å². The minimum atomic E-state index is 0.244. The number of anilines is 1. The van der Waals surface area contributed by atoms with Gasteiger partial charge in [-0.05, 0) is 25.3 Å². The molecule has 2 aromatic rings. The fraction of sp³-hybridized carbons (Fsp3) is 0.500. The van der Waals surface area contributed by atoms with Crippen LogP contribution in [-0.4, -0.2) is 31.3 Å². The number of aromatic nitrogens is 5. The Bertz CT molecular complexity index is 593. The lowest BCUT2D eigenvalue weighted by Crippen LogP contribution is -2.15.